The molecule has 2 unspecified atom stereocenters. The number of fused-ring (bicyclic) bond motifs is 1. The Labute approximate surface area is 102 Å². The van der Waals surface area contributed by atoms with E-state index in [2.05, 4.69) is 4.98 Å². The van der Waals surface area contributed by atoms with Gasteiger partial charge < -0.3 is 14.4 Å². The summed E-state index contributed by atoms with van der Waals surface area (Å²) in [7, 11) is 0. The Balaban J connectivity index is 1.71. The van der Waals surface area contributed by atoms with Crippen LogP contribution in [0.2, 0.25) is 0 Å². The van der Waals surface area contributed by atoms with Gasteiger partial charge in [0.25, 0.3) is 0 Å². The molecule has 4 nitrogen and oxygen atoms in total. The largest absolute Gasteiger partial charge is 0.381 e. The summed E-state index contributed by atoms with van der Waals surface area (Å²) in [5.74, 6) is 1.66. The lowest BCUT2D eigenvalue weighted by Crippen LogP contribution is -2.19. The molecule has 2 aliphatic heterocycles. The van der Waals surface area contributed by atoms with E-state index >= 15 is 0 Å². The standard InChI is InChI=1S/C13H20N2O2/c16-13-5-1-4-12-14-11(8-15(12)13)7-10-3-2-6-17-9-10/h8,10,13,16H,1-7,9H2. The lowest BCUT2D eigenvalue weighted by atomic mass is 9.97. The minimum Gasteiger partial charge on any atom is -0.381 e. The van der Waals surface area contributed by atoms with E-state index in [4.69, 9.17) is 4.74 Å². The SMILES string of the molecule is OC1CCCc2nc(CC3CCCOC3)cn21. The zero-order valence-electron chi connectivity index (χ0n) is 10.1. The number of aryl methyl sites for hydroxylation is 1. The molecule has 1 aromatic rings. The summed E-state index contributed by atoms with van der Waals surface area (Å²) < 4.78 is 7.44. The summed E-state index contributed by atoms with van der Waals surface area (Å²) >= 11 is 0. The molecular formula is C13H20N2O2. The Morgan fingerprint density at radius 1 is 1.41 bits per heavy atom. The molecule has 1 N–H and O–H groups in total. The van der Waals surface area contributed by atoms with E-state index in [0.29, 0.717) is 5.92 Å². The highest BCUT2D eigenvalue weighted by Gasteiger charge is 2.21. The number of hydrogen-bond acceptors (Lipinski definition) is 3. The van der Waals surface area contributed by atoms with Crippen molar-refractivity contribution in [3.63, 3.8) is 0 Å². The molecule has 2 aliphatic rings. The van der Waals surface area contributed by atoms with Crippen LogP contribution >= 0.6 is 0 Å². The molecule has 1 fully saturated rings. The number of hydrogen-bond donors (Lipinski definition) is 1. The molecule has 94 valence electrons. The molecule has 0 aliphatic carbocycles. The topological polar surface area (TPSA) is 47.3 Å². The van der Waals surface area contributed by atoms with Crippen molar-refractivity contribution in [3.05, 3.63) is 17.7 Å². The number of aliphatic hydroxyl groups is 1. The van der Waals surface area contributed by atoms with Gasteiger partial charge in [-0.1, -0.05) is 0 Å². The van der Waals surface area contributed by atoms with E-state index in [1.807, 2.05) is 10.8 Å². The van der Waals surface area contributed by atoms with Gasteiger partial charge in [0, 0.05) is 25.8 Å². The minimum absolute atomic E-state index is 0.359. The molecule has 17 heavy (non-hydrogen) atoms. The van der Waals surface area contributed by atoms with Gasteiger partial charge in [-0.15, -0.1) is 0 Å². The molecule has 2 atom stereocenters. The van der Waals surface area contributed by atoms with Crippen LogP contribution in [-0.4, -0.2) is 27.9 Å². The van der Waals surface area contributed by atoms with E-state index < -0.39 is 0 Å². The Bertz CT molecular complexity index is 383. The van der Waals surface area contributed by atoms with Crippen molar-refractivity contribution in [1.29, 1.82) is 0 Å². The smallest absolute Gasteiger partial charge is 0.131 e. The van der Waals surface area contributed by atoms with Gasteiger partial charge in [0.2, 0.25) is 0 Å². The van der Waals surface area contributed by atoms with Gasteiger partial charge in [0.15, 0.2) is 0 Å². The van der Waals surface area contributed by atoms with E-state index in [0.717, 1.165) is 50.4 Å². The van der Waals surface area contributed by atoms with E-state index in [1.54, 1.807) is 0 Å². The van der Waals surface area contributed by atoms with Crippen LogP contribution < -0.4 is 0 Å². The van der Waals surface area contributed by atoms with Crippen LogP contribution in [0, 0.1) is 5.92 Å². The first-order valence-corrected chi connectivity index (χ1v) is 6.65. The minimum atomic E-state index is -0.359. The summed E-state index contributed by atoms with van der Waals surface area (Å²) in [5, 5.41) is 9.88. The third-order valence-corrected chi connectivity index (χ3v) is 3.80. The fourth-order valence-electron chi connectivity index (χ4n) is 2.87. The fraction of sp³-hybridized carbons (Fsp3) is 0.769. The van der Waals surface area contributed by atoms with Gasteiger partial charge in [-0.3, -0.25) is 0 Å². The second-order valence-electron chi connectivity index (χ2n) is 5.22. The lowest BCUT2D eigenvalue weighted by molar-refractivity contribution is 0.0546. The summed E-state index contributed by atoms with van der Waals surface area (Å²) in [5.41, 5.74) is 1.12. The Hall–Kier alpha value is -0.870. The maximum atomic E-state index is 9.88. The quantitative estimate of drug-likeness (QED) is 0.850. The van der Waals surface area contributed by atoms with Crippen LogP contribution in [0.15, 0.2) is 6.20 Å². The third-order valence-electron chi connectivity index (χ3n) is 3.80. The summed E-state index contributed by atoms with van der Waals surface area (Å²) in [6.07, 6.45) is 7.98. The van der Waals surface area contributed by atoms with Crippen molar-refractivity contribution in [2.45, 2.75) is 44.8 Å². The fourth-order valence-corrected chi connectivity index (χ4v) is 2.87. The molecule has 3 heterocycles. The monoisotopic (exact) mass is 236 g/mol. The molecule has 1 aromatic heterocycles. The number of imidazole rings is 1. The zero-order chi connectivity index (χ0) is 11.7. The van der Waals surface area contributed by atoms with E-state index in [1.165, 1.54) is 12.8 Å². The van der Waals surface area contributed by atoms with Gasteiger partial charge in [0.1, 0.15) is 12.1 Å². The van der Waals surface area contributed by atoms with Crippen LogP contribution in [0.4, 0.5) is 0 Å². The van der Waals surface area contributed by atoms with Crippen molar-refractivity contribution >= 4 is 0 Å². The highest BCUT2D eigenvalue weighted by Crippen LogP contribution is 2.25. The third kappa shape index (κ3) is 2.38. The summed E-state index contributed by atoms with van der Waals surface area (Å²) in [6, 6.07) is 0. The van der Waals surface area contributed by atoms with Gasteiger partial charge in [0.05, 0.1) is 5.69 Å². The first-order valence-electron chi connectivity index (χ1n) is 6.65. The van der Waals surface area contributed by atoms with Crippen molar-refractivity contribution in [2.24, 2.45) is 5.92 Å². The van der Waals surface area contributed by atoms with Crippen LogP contribution in [-0.2, 0) is 17.6 Å². The average molecular weight is 236 g/mol. The molecule has 3 rings (SSSR count). The summed E-state index contributed by atoms with van der Waals surface area (Å²) in [4.78, 5) is 4.64. The van der Waals surface area contributed by atoms with E-state index in [-0.39, 0.29) is 6.23 Å². The second kappa shape index (κ2) is 4.78. The van der Waals surface area contributed by atoms with Gasteiger partial charge >= 0.3 is 0 Å². The van der Waals surface area contributed by atoms with Crippen molar-refractivity contribution in [3.8, 4) is 0 Å². The molecule has 4 heteroatoms. The zero-order valence-corrected chi connectivity index (χ0v) is 10.1. The van der Waals surface area contributed by atoms with Crippen molar-refractivity contribution in [2.75, 3.05) is 13.2 Å². The van der Waals surface area contributed by atoms with Crippen LogP contribution in [0.1, 0.15) is 43.4 Å². The predicted octanol–water partition coefficient (Wildman–Crippen LogP) is 1.68. The molecule has 0 radical (unpaired) electrons. The average Bonchev–Trinajstić information content (AvgIpc) is 2.74. The number of ether oxygens (including phenoxy) is 1. The van der Waals surface area contributed by atoms with Gasteiger partial charge in [-0.05, 0) is 38.0 Å². The number of aromatic nitrogens is 2. The van der Waals surface area contributed by atoms with Crippen LogP contribution in [0.3, 0.4) is 0 Å². The predicted molar refractivity (Wildman–Crippen MR) is 63.7 cm³/mol. The Kier molecular flexibility index (Phi) is 3.16. The molecule has 0 amide bonds. The molecule has 0 aromatic carbocycles. The maximum Gasteiger partial charge on any atom is 0.131 e. The molecular weight excluding hydrogens is 216 g/mol. The molecule has 1 saturated heterocycles. The normalized spacial score (nSPS) is 29.0. The molecule has 0 saturated carbocycles. The van der Waals surface area contributed by atoms with Crippen molar-refractivity contribution < 1.29 is 9.84 Å². The van der Waals surface area contributed by atoms with Crippen LogP contribution in [0.5, 0.6) is 0 Å². The first-order chi connectivity index (χ1) is 8.33. The van der Waals surface area contributed by atoms with Gasteiger partial charge in [-0.25, -0.2) is 4.98 Å². The molecule has 0 spiro atoms. The lowest BCUT2D eigenvalue weighted by Gasteiger charge is -2.21. The highest BCUT2D eigenvalue weighted by molar-refractivity contribution is 5.08. The highest BCUT2D eigenvalue weighted by atomic mass is 16.5. The maximum absolute atomic E-state index is 9.88. The molecule has 0 bridgehead atoms. The Morgan fingerprint density at radius 3 is 3.12 bits per heavy atom. The Morgan fingerprint density at radius 2 is 2.35 bits per heavy atom. The number of aliphatic hydroxyl groups excluding tert-OH is 1. The van der Waals surface area contributed by atoms with Gasteiger partial charge in [-0.2, -0.15) is 0 Å². The number of rotatable bonds is 2. The van der Waals surface area contributed by atoms with Crippen molar-refractivity contribution in [1.82, 2.24) is 9.55 Å². The number of nitrogens with zero attached hydrogens (tertiary/aromatic N) is 2. The second-order valence-corrected chi connectivity index (χ2v) is 5.22. The van der Waals surface area contributed by atoms with E-state index in [9.17, 15) is 5.11 Å². The van der Waals surface area contributed by atoms with Crippen LogP contribution in [0.25, 0.3) is 0 Å². The summed E-state index contributed by atoms with van der Waals surface area (Å²) in [6.45, 7) is 1.78. The first kappa shape index (κ1) is 11.2.